The Morgan fingerprint density at radius 1 is 1.12 bits per heavy atom. The lowest BCUT2D eigenvalue weighted by molar-refractivity contribution is 0.597. The lowest BCUT2D eigenvalue weighted by atomic mass is 10.2. The standard InChI is InChI=1S/C17H18ClF2NOS2/c1-23-11-3-2-10-21(17-12-14(19)6-9-16(17)20)24(22)15-7-4-13(18)5-8-15/h4-9,12H,2-3,10-11H2,1H3. The normalized spacial score (nSPS) is 12.2. The summed E-state index contributed by atoms with van der Waals surface area (Å²) in [5.74, 6) is -0.190. The van der Waals surface area contributed by atoms with Crippen LogP contribution >= 0.6 is 23.4 Å². The van der Waals surface area contributed by atoms with Gasteiger partial charge in [0.05, 0.1) is 10.6 Å². The highest BCUT2D eigenvalue weighted by Gasteiger charge is 2.20. The molecule has 0 aliphatic rings. The predicted octanol–water partition coefficient (Wildman–Crippen LogP) is 5.29. The molecule has 2 rings (SSSR count). The van der Waals surface area contributed by atoms with Gasteiger partial charge in [-0.25, -0.2) is 13.0 Å². The Labute approximate surface area is 152 Å². The van der Waals surface area contributed by atoms with E-state index in [9.17, 15) is 13.0 Å². The Morgan fingerprint density at radius 3 is 2.50 bits per heavy atom. The van der Waals surface area contributed by atoms with Crippen molar-refractivity contribution in [3.8, 4) is 0 Å². The molecule has 1 unspecified atom stereocenters. The second-order valence-electron chi connectivity index (χ2n) is 5.10. The van der Waals surface area contributed by atoms with Gasteiger partial charge in [0.1, 0.15) is 11.6 Å². The molecule has 2 aromatic carbocycles. The Morgan fingerprint density at radius 2 is 1.83 bits per heavy atom. The third-order valence-corrected chi connectivity index (χ3v) is 5.76. The van der Waals surface area contributed by atoms with Crippen molar-refractivity contribution in [2.45, 2.75) is 17.7 Å². The summed E-state index contributed by atoms with van der Waals surface area (Å²) < 4.78 is 42.0. The van der Waals surface area contributed by atoms with E-state index in [1.165, 1.54) is 4.31 Å². The van der Waals surface area contributed by atoms with Gasteiger partial charge in [-0.2, -0.15) is 11.8 Å². The Hall–Kier alpha value is -1.11. The van der Waals surface area contributed by atoms with Crippen LogP contribution in [0, 0.1) is 11.6 Å². The van der Waals surface area contributed by atoms with Crippen molar-refractivity contribution in [2.24, 2.45) is 0 Å². The van der Waals surface area contributed by atoms with E-state index in [1.807, 2.05) is 6.26 Å². The third kappa shape index (κ3) is 5.19. The van der Waals surface area contributed by atoms with Crippen LogP contribution in [0.4, 0.5) is 14.5 Å². The zero-order valence-corrected chi connectivity index (χ0v) is 15.6. The average molecular weight is 390 g/mol. The predicted molar refractivity (Wildman–Crippen MR) is 99.2 cm³/mol. The summed E-state index contributed by atoms with van der Waals surface area (Å²) in [5.41, 5.74) is 0.00688. The number of hydrogen-bond acceptors (Lipinski definition) is 2. The van der Waals surface area contributed by atoms with E-state index < -0.39 is 22.6 Å². The first-order valence-corrected chi connectivity index (χ1v) is 10.3. The van der Waals surface area contributed by atoms with Gasteiger partial charge in [-0.15, -0.1) is 0 Å². The quantitative estimate of drug-likeness (QED) is 0.571. The monoisotopic (exact) mass is 389 g/mol. The molecule has 0 fully saturated rings. The molecule has 0 radical (unpaired) electrons. The summed E-state index contributed by atoms with van der Waals surface area (Å²) in [6.07, 6.45) is 3.65. The minimum Gasteiger partial charge on any atom is -0.285 e. The van der Waals surface area contributed by atoms with Crippen LogP contribution in [-0.2, 0) is 11.0 Å². The molecule has 2 aromatic rings. The van der Waals surface area contributed by atoms with Crippen molar-refractivity contribution in [2.75, 3.05) is 22.9 Å². The van der Waals surface area contributed by atoms with Gasteiger partial charge >= 0.3 is 0 Å². The summed E-state index contributed by atoms with van der Waals surface area (Å²) in [7, 11) is -1.64. The minimum absolute atomic E-state index is 0.00688. The van der Waals surface area contributed by atoms with E-state index >= 15 is 0 Å². The number of nitrogens with zero attached hydrogens (tertiary/aromatic N) is 1. The maximum Gasteiger partial charge on any atom is 0.153 e. The SMILES string of the molecule is CSCCCCN(c1cc(F)ccc1F)S(=O)c1ccc(Cl)cc1. The number of benzene rings is 2. The van der Waals surface area contributed by atoms with Gasteiger partial charge in [0.25, 0.3) is 0 Å². The Kier molecular flexibility index (Phi) is 7.52. The first kappa shape index (κ1) is 19.2. The van der Waals surface area contributed by atoms with E-state index in [2.05, 4.69) is 0 Å². The molecule has 0 saturated carbocycles. The van der Waals surface area contributed by atoms with E-state index in [0.29, 0.717) is 16.5 Å². The second-order valence-corrected chi connectivity index (χ2v) is 7.93. The van der Waals surface area contributed by atoms with Crippen molar-refractivity contribution in [3.63, 3.8) is 0 Å². The largest absolute Gasteiger partial charge is 0.285 e. The summed E-state index contributed by atoms with van der Waals surface area (Å²) in [6, 6.07) is 9.70. The number of unbranched alkanes of at least 4 members (excludes halogenated alkanes) is 1. The topological polar surface area (TPSA) is 20.3 Å². The van der Waals surface area contributed by atoms with E-state index in [-0.39, 0.29) is 5.69 Å². The molecule has 0 aromatic heterocycles. The van der Waals surface area contributed by atoms with Crippen LogP contribution in [0.3, 0.4) is 0 Å². The molecular formula is C17H18ClF2NOS2. The molecule has 24 heavy (non-hydrogen) atoms. The number of anilines is 1. The number of hydrogen-bond donors (Lipinski definition) is 0. The smallest absolute Gasteiger partial charge is 0.153 e. The molecule has 0 spiro atoms. The molecule has 0 N–H and O–H groups in total. The zero-order chi connectivity index (χ0) is 17.5. The lowest BCUT2D eigenvalue weighted by Gasteiger charge is -2.24. The Bertz CT molecular complexity index is 697. The van der Waals surface area contributed by atoms with Crippen LogP contribution in [0.5, 0.6) is 0 Å². The lowest BCUT2D eigenvalue weighted by Crippen LogP contribution is -2.28. The number of halogens is 3. The summed E-state index contributed by atoms with van der Waals surface area (Å²) in [6.45, 7) is 0.371. The maximum absolute atomic E-state index is 14.2. The van der Waals surface area contributed by atoms with Gasteiger partial charge in [-0.1, -0.05) is 11.6 Å². The molecule has 1 atom stereocenters. The Balaban J connectivity index is 2.29. The molecule has 2 nitrogen and oxygen atoms in total. The molecule has 130 valence electrons. The molecule has 0 amide bonds. The van der Waals surface area contributed by atoms with E-state index in [0.717, 1.165) is 36.8 Å². The fourth-order valence-electron chi connectivity index (χ4n) is 2.15. The zero-order valence-electron chi connectivity index (χ0n) is 13.2. The molecule has 0 aliphatic heterocycles. The number of rotatable bonds is 8. The van der Waals surface area contributed by atoms with Crippen LogP contribution in [0.15, 0.2) is 47.4 Å². The minimum atomic E-state index is -1.64. The first-order chi connectivity index (χ1) is 11.5. The van der Waals surface area contributed by atoms with E-state index in [4.69, 9.17) is 11.6 Å². The average Bonchev–Trinajstić information content (AvgIpc) is 2.58. The first-order valence-electron chi connectivity index (χ1n) is 7.42. The van der Waals surface area contributed by atoms with Crippen LogP contribution in [-0.4, -0.2) is 22.8 Å². The van der Waals surface area contributed by atoms with Gasteiger partial charge in [-0.3, -0.25) is 4.31 Å². The van der Waals surface area contributed by atoms with Gasteiger partial charge in [0.2, 0.25) is 0 Å². The fraction of sp³-hybridized carbons (Fsp3) is 0.294. The molecule has 0 saturated heterocycles. The second kappa shape index (κ2) is 9.39. The van der Waals surface area contributed by atoms with Gasteiger partial charge < -0.3 is 0 Å². The van der Waals surface area contributed by atoms with Crippen molar-refractivity contribution in [1.82, 2.24) is 0 Å². The summed E-state index contributed by atoms with van der Waals surface area (Å²) in [4.78, 5) is 0.493. The molecule has 0 aliphatic carbocycles. The van der Waals surface area contributed by atoms with Crippen LogP contribution in [0.25, 0.3) is 0 Å². The highest BCUT2D eigenvalue weighted by molar-refractivity contribution is 7.98. The van der Waals surface area contributed by atoms with E-state index in [1.54, 1.807) is 36.0 Å². The summed E-state index contributed by atoms with van der Waals surface area (Å²) >= 11 is 7.57. The van der Waals surface area contributed by atoms with Crippen molar-refractivity contribution >= 4 is 40.0 Å². The van der Waals surface area contributed by atoms with Crippen LogP contribution < -0.4 is 4.31 Å². The molecular weight excluding hydrogens is 372 g/mol. The fourth-order valence-corrected chi connectivity index (χ4v) is 4.01. The molecule has 0 bridgehead atoms. The van der Waals surface area contributed by atoms with Crippen LogP contribution in [0.1, 0.15) is 12.8 Å². The molecule has 0 heterocycles. The van der Waals surface area contributed by atoms with Gasteiger partial charge in [0.15, 0.2) is 11.0 Å². The molecule has 7 heteroatoms. The highest BCUT2D eigenvalue weighted by atomic mass is 35.5. The summed E-state index contributed by atoms with van der Waals surface area (Å²) in [5, 5.41) is 0.527. The van der Waals surface area contributed by atoms with Crippen molar-refractivity contribution < 1.29 is 13.0 Å². The maximum atomic E-state index is 14.2. The third-order valence-electron chi connectivity index (χ3n) is 3.35. The van der Waals surface area contributed by atoms with Crippen LogP contribution in [0.2, 0.25) is 5.02 Å². The highest BCUT2D eigenvalue weighted by Crippen LogP contribution is 2.26. The van der Waals surface area contributed by atoms with Gasteiger partial charge in [0, 0.05) is 17.6 Å². The number of thioether (sulfide) groups is 1. The van der Waals surface area contributed by atoms with Crippen molar-refractivity contribution in [3.05, 3.63) is 59.1 Å². The van der Waals surface area contributed by atoms with Gasteiger partial charge in [-0.05, 0) is 61.2 Å². The van der Waals surface area contributed by atoms with Crippen molar-refractivity contribution in [1.29, 1.82) is 0 Å².